The van der Waals surface area contributed by atoms with E-state index < -0.39 is 0 Å². The maximum Gasteiger partial charge on any atom is 0.336 e. The summed E-state index contributed by atoms with van der Waals surface area (Å²) in [6.07, 6.45) is 0. The fourth-order valence-corrected chi connectivity index (χ4v) is 10.2. The smallest absolute Gasteiger partial charge is 0.336 e. The van der Waals surface area contributed by atoms with Crippen molar-refractivity contribution in [2.24, 2.45) is 0 Å². The molecule has 1 aromatic heterocycles. The van der Waals surface area contributed by atoms with Crippen LogP contribution in [0.4, 0.5) is 28.4 Å². The van der Waals surface area contributed by atoms with Gasteiger partial charge in [0.05, 0.1) is 5.69 Å². The fourth-order valence-electron chi connectivity index (χ4n) is 10.2. The SMILES string of the molecule is CC(C)(C)c1ccc(N2B3c4c(cc(C(C)(C)C)cc4N(c4ccc(C(C)(C)C)cc4-c4ccccc4)c4ccc5c(oc6ccccc65)c43)-c3ccc(-c4ccccc4)cc32)cc1. The molecule has 314 valence electrons. The highest BCUT2D eigenvalue weighted by atomic mass is 16.3. The Balaban J connectivity index is 1.30. The lowest BCUT2D eigenvalue weighted by molar-refractivity contribution is 0.590. The molecule has 0 spiro atoms. The first-order valence-electron chi connectivity index (χ1n) is 22.9. The van der Waals surface area contributed by atoms with E-state index in [2.05, 4.69) is 242 Å². The zero-order chi connectivity index (χ0) is 44.3. The van der Waals surface area contributed by atoms with Gasteiger partial charge in [0.25, 0.3) is 0 Å². The van der Waals surface area contributed by atoms with E-state index in [-0.39, 0.29) is 23.1 Å². The highest BCUT2D eigenvalue weighted by molar-refractivity contribution is 6.95. The topological polar surface area (TPSA) is 19.6 Å². The van der Waals surface area contributed by atoms with Crippen LogP contribution in [0.25, 0.3) is 55.3 Å². The Morgan fingerprint density at radius 2 is 1.00 bits per heavy atom. The molecule has 4 heteroatoms. The molecule has 0 atom stereocenters. The summed E-state index contributed by atoms with van der Waals surface area (Å²) in [6.45, 7) is 20.6. The number of hydrogen-bond acceptors (Lipinski definition) is 3. The molecule has 9 aromatic rings. The molecule has 0 saturated carbocycles. The lowest BCUT2D eigenvalue weighted by Gasteiger charge is -2.46. The van der Waals surface area contributed by atoms with Gasteiger partial charge in [0, 0.05) is 50.1 Å². The molecule has 0 bridgehead atoms. The first kappa shape index (κ1) is 40.0. The molecule has 8 aromatic carbocycles. The van der Waals surface area contributed by atoms with Crippen LogP contribution in [-0.4, -0.2) is 6.85 Å². The molecule has 3 heterocycles. The highest BCUT2D eigenvalue weighted by Crippen LogP contribution is 2.52. The summed E-state index contributed by atoms with van der Waals surface area (Å²) in [5.74, 6) is 0. The van der Waals surface area contributed by atoms with Crippen LogP contribution in [-0.2, 0) is 16.2 Å². The normalized spacial score (nSPS) is 13.6. The summed E-state index contributed by atoms with van der Waals surface area (Å²) in [5.41, 5.74) is 21.1. The second-order valence-electron chi connectivity index (χ2n) is 21.0. The van der Waals surface area contributed by atoms with Gasteiger partial charge in [-0.05, 0) is 115 Å². The summed E-state index contributed by atoms with van der Waals surface area (Å²) >= 11 is 0. The average Bonchev–Trinajstić information content (AvgIpc) is 3.67. The monoisotopic (exact) mass is 830 g/mol. The van der Waals surface area contributed by atoms with Crippen LogP contribution < -0.4 is 20.6 Å². The molecule has 0 N–H and O–H groups in total. The third kappa shape index (κ3) is 6.40. The van der Waals surface area contributed by atoms with Crippen LogP contribution in [0.3, 0.4) is 0 Å². The van der Waals surface area contributed by atoms with Crippen molar-refractivity contribution >= 4 is 68.1 Å². The van der Waals surface area contributed by atoms with Gasteiger partial charge in [0.2, 0.25) is 0 Å². The van der Waals surface area contributed by atoms with Gasteiger partial charge in [-0.3, -0.25) is 0 Å². The third-order valence-corrected chi connectivity index (χ3v) is 13.7. The van der Waals surface area contributed by atoms with Gasteiger partial charge in [-0.1, -0.05) is 178 Å². The van der Waals surface area contributed by atoms with Gasteiger partial charge in [0.15, 0.2) is 0 Å². The van der Waals surface area contributed by atoms with Gasteiger partial charge in [-0.25, -0.2) is 0 Å². The van der Waals surface area contributed by atoms with E-state index in [0.717, 1.165) is 39.0 Å². The molecule has 0 amide bonds. The van der Waals surface area contributed by atoms with Crippen LogP contribution in [0.5, 0.6) is 0 Å². The van der Waals surface area contributed by atoms with Crippen molar-refractivity contribution < 1.29 is 4.42 Å². The number of rotatable bonds is 4. The second kappa shape index (κ2) is 14.4. The van der Waals surface area contributed by atoms with Crippen LogP contribution in [0, 0.1) is 0 Å². The quantitative estimate of drug-likeness (QED) is 0.165. The van der Waals surface area contributed by atoms with Crippen molar-refractivity contribution in [3.63, 3.8) is 0 Å². The summed E-state index contributed by atoms with van der Waals surface area (Å²) in [4.78, 5) is 5.20. The van der Waals surface area contributed by atoms with E-state index in [9.17, 15) is 0 Å². The Labute approximate surface area is 379 Å². The van der Waals surface area contributed by atoms with Crippen molar-refractivity contribution in [2.45, 2.75) is 78.6 Å². The van der Waals surface area contributed by atoms with Gasteiger partial charge >= 0.3 is 6.85 Å². The molecule has 3 nitrogen and oxygen atoms in total. The number of hydrogen-bond donors (Lipinski definition) is 0. The summed E-state index contributed by atoms with van der Waals surface area (Å²) in [6, 6.07) is 63.5. The van der Waals surface area contributed by atoms with E-state index in [1.54, 1.807) is 0 Å². The molecule has 0 fully saturated rings. The molecule has 11 rings (SSSR count). The van der Waals surface area contributed by atoms with E-state index in [1.807, 2.05) is 0 Å². The zero-order valence-corrected chi connectivity index (χ0v) is 38.5. The van der Waals surface area contributed by atoms with Crippen molar-refractivity contribution in [1.29, 1.82) is 0 Å². The van der Waals surface area contributed by atoms with Crippen LogP contribution in [0.1, 0.15) is 79.0 Å². The number of anilines is 5. The maximum absolute atomic E-state index is 7.18. The minimum Gasteiger partial charge on any atom is -0.456 e. The van der Waals surface area contributed by atoms with E-state index >= 15 is 0 Å². The Morgan fingerprint density at radius 1 is 0.391 bits per heavy atom. The predicted octanol–water partition coefficient (Wildman–Crippen LogP) is 15.5. The zero-order valence-electron chi connectivity index (χ0n) is 38.5. The average molecular weight is 831 g/mol. The number of benzene rings is 8. The molecule has 0 unspecified atom stereocenters. The lowest BCUT2D eigenvalue weighted by atomic mass is 9.43. The van der Waals surface area contributed by atoms with Gasteiger partial charge in [-0.15, -0.1) is 0 Å². The summed E-state index contributed by atoms with van der Waals surface area (Å²) in [7, 11) is 0. The minimum atomic E-state index is -0.220. The van der Waals surface area contributed by atoms with Gasteiger partial charge in [0.1, 0.15) is 11.2 Å². The number of furan rings is 1. The van der Waals surface area contributed by atoms with Crippen LogP contribution in [0.15, 0.2) is 174 Å². The molecule has 0 saturated heterocycles. The summed E-state index contributed by atoms with van der Waals surface area (Å²) in [5, 5.41) is 2.26. The second-order valence-corrected chi connectivity index (χ2v) is 21.0. The molecule has 2 aliphatic heterocycles. The summed E-state index contributed by atoms with van der Waals surface area (Å²) < 4.78 is 7.18. The largest absolute Gasteiger partial charge is 0.456 e. The van der Waals surface area contributed by atoms with Crippen molar-refractivity contribution in [3.05, 3.63) is 187 Å². The standard InChI is InChI=1S/C60H55BN2O/c1-58(2,3)41-25-28-44(29-26-41)63-52-34-40(38-18-12-10-13-19-38)24-30-45(52)49-36-43(60(7,8)9)37-53-55(49)61(63)56-51(33-31-47-46-22-16-17-23-54(46)64-57(47)56)62(53)50-32-27-42(59(4,5)6)35-48(50)39-20-14-11-15-21-39/h10-37H,1-9H3. The van der Waals surface area contributed by atoms with Crippen molar-refractivity contribution in [2.75, 3.05) is 9.71 Å². The Kier molecular flexibility index (Phi) is 8.99. The van der Waals surface area contributed by atoms with E-state index in [4.69, 9.17) is 4.42 Å². The first-order valence-corrected chi connectivity index (χ1v) is 22.9. The Bertz CT molecular complexity index is 3270. The third-order valence-electron chi connectivity index (χ3n) is 13.7. The number of para-hydroxylation sites is 1. The fraction of sp³-hybridized carbons (Fsp3) is 0.200. The number of fused-ring (bicyclic) bond motifs is 8. The van der Waals surface area contributed by atoms with Crippen molar-refractivity contribution in [1.82, 2.24) is 0 Å². The van der Waals surface area contributed by atoms with Gasteiger partial charge in [-0.2, -0.15) is 0 Å². The highest BCUT2D eigenvalue weighted by Gasteiger charge is 2.48. The maximum atomic E-state index is 7.18. The van der Waals surface area contributed by atoms with Gasteiger partial charge < -0.3 is 14.1 Å². The number of nitrogens with zero attached hydrogens (tertiary/aromatic N) is 2. The molecular weight excluding hydrogens is 775 g/mol. The first-order chi connectivity index (χ1) is 30.6. The van der Waals surface area contributed by atoms with Crippen LogP contribution >= 0.6 is 0 Å². The van der Waals surface area contributed by atoms with E-state index in [1.165, 1.54) is 72.4 Å². The van der Waals surface area contributed by atoms with Crippen molar-refractivity contribution in [3.8, 4) is 33.4 Å². The Morgan fingerprint density at radius 3 is 1.69 bits per heavy atom. The molecule has 64 heavy (non-hydrogen) atoms. The Hall–Kier alpha value is -6.78. The molecule has 0 aliphatic carbocycles. The molecule has 2 aliphatic rings. The van der Waals surface area contributed by atoms with E-state index in [0.29, 0.717) is 0 Å². The molecule has 0 radical (unpaired) electrons. The lowest BCUT2D eigenvalue weighted by Crippen LogP contribution is -2.62. The van der Waals surface area contributed by atoms with Crippen LogP contribution in [0.2, 0.25) is 0 Å². The molecular formula is C60H55BN2O. The predicted molar refractivity (Wildman–Crippen MR) is 274 cm³/mol. The minimum absolute atomic E-state index is 0.0132.